The molecular formula is C28H27N3O4. The number of benzene rings is 3. The predicted octanol–water partition coefficient (Wildman–Crippen LogP) is 5.96. The minimum Gasteiger partial charge on any atom is -0.481 e. The van der Waals surface area contributed by atoms with Gasteiger partial charge in [-0.25, -0.2) is 0 Å². The highest BCUT2D eigenvalue weighted by Gasteiger charge is 2.40. The van der Waals surface area contributed by atoms with Crippen LogP contribution in [0.2, 0.25) is 0 Å². The Kier molecular flexibility index (Phi) is 5.99. The molecule has 1 saturated carbocycles. The maximum atomic E-state index is 12.6. The highest BCUT2D eigenvalue weighted by molar-refractivity contribution is 5.93. The van der Waals surface area contributed by atoms with E-state index in [0.717, 1.165) is 41.6 Å². The number of nitrogens with zero attached hydrogens (tertiary/aromatic N) is 1. The smallest absolute Gasteiger partial charge is 0.304 e. The predicted molar refractivity (Wildman–Crippen MR) is 135 cm³/mol. The number of carboxylic acid groups (broad SMARTS) is 1. The van der Waals surface area contributed by atoms with E-state index in [1.54, 1.807) is 0 Å². The van der Waals surface area contributed by atoms with Gasteiger partial charge >= 0.3 is 5.97 Å². The number of rotatable bonds is 8. The van der Waals surface area contributed by atoms with Gasteiger partial charge in [-0.15, -0.1) is 0 Å². The fourth-order valence-electron chi connectivity index (χ4n) is 4.72. The van der Waals surface area contributed by atoms with Crippen molar-refractivity contribution in [3.05, 3.63) is 83.4 Å². The van der Waals surface area contributed by atoms with Crippen LogP contribution in [0.5, 0.6) is 0 Å². The van der Waals surface area contributed by atoms with Crippen LogP contribution >= 0.6 is 0 Å². The first-order valence-electron chi connectivity index (χ1n) is 11.7. The van der Waals surface area contributed by atoms with E-state index in [0.29, 0.717) is 22.8 Å². The molecule has 5 rings (SSSR count). The Balaban J connectivity index is 1.23. The average molecular weight is 470 g/mol. The molecule has 3 N–H and O–H groups in total. The van der Waals surface area contributed by atoms with E-state index in [1.807, 2.05) is 73.7 Å². The summed E-state index contributed by atoms with van der Waals surface area (Å²) < 4.78 is 5.86. The summed E-state index contributed by atoms with van der Waals surface area (Å²) >= 11 is 0. The number of carboxylic acids is 1. The number of para-hydroxylation sites is 1. The zero-order valence-corrected chi connectivity index (χ0v) is 19.5. The number of hydrogen-bond acceptors (Lipinski definition) is 5. The highest BCUT2D eigenvalue weighted by Crippen LogP contribution is 2.46. The van der Waals surface area contributed by atoms with Crippen LogP contribution in [0.1, 0.15) is 42.4 Å². The standard InChI is InChI=1S/C28H27N3O4/c1-18-5-2-3-6-22(18)30-27-31-23-12-7-19(15-24(23)35-27)16-25(32)29-21-10-8-20(9-11-21)28(13-4-14-28)17-26(33)34/h2-3,5-12,15H,4,13-14,16-17H2,1H3,(H,29,32)(H,30,31)(H,33,34). The summed E-state index contributed by atoms with van der Waals surface area (Å²) in [6.07, 6.45) is 3.16. The minimum atomic E-state index is -0.774. The monoisotopic (exact) mass is 469 g/mol. The van der Waals surface area contributed by atoms with Crippen molar-refractivity contribution >= 4 is 40.4 Å². The second-order valence-electron chi connectivity index (χ2n) is 9.27. The number of oxazole rings is 1. The lowest BCUT2D eigenvalue weighted by molar-refractivity contribution is -0.139. The van der Waals surface area contributed by atoms with Crippen LogP contribution in [0, 0.1) is 6.92 Å². The summed E-state index contributed by atoms with van der Waals surface area (Å²) in [6.45, 7) is 2.01. The molecule has 1 aliphatic rings. The minimum absolute atomic E-state index is 0.140. The van der Waals surface area contributed by atoms with Gasteiger partial charge in [0.1, 0.15) is 5.52 Å². The number of aromatic nitrogens is 1. The van der Waals surface area contributed by atoms with Crippen molar-refractivity contribution in [1.29, 1.82) is 0 Å². The molecule has 1 heterocycles. The van der Waals surface area contributed by atoms with Crippen molar-refractivity contribution in [2.75, 3.05) is 10.6 Å². The molecule has 1 amide bonds. The molecule has 0 aliphatic heterocycles. The van der Waals surface area contributed by atoms with Gasteiger partial charge in [-0.2, -0.15) is 4.98 Å². The Labute approximate surface area is 203 Å². The fraction of sp³-hybridized carbons (Fsp3) is 0.250. The first-order chi connectivity index (χ1) is 16.9. The summed E-state index contributed by atoms with van der Waals surface area (Å²) in [5, 5.41) is 15.4. The Morgan fingerprint density at radius 1 is 1.06 bits per heavy atom. The number of amides is 1. The Hall–Kier alpha value is -4.13. The van der Waals surface area contributed by atoms with Gasteiger partial charge in [0.05, 0.1) is 12.8 Å². The van der Waals surface area contributed by atoms with E-state index < -0.39 is 5.97 Å². The molecule has 0 spiro atoms. The van der Waals surface area contributed by atoms with Crippen molar-refractivity contribution < 1.29 is 19.1 Å². The molecule has 4 aromatic rings. The van der Waals surface area contributed by atoms with Crippen LogP contribution in [-0.2, 0) is 21.4 Å². The largest absolute Gasteiger partial charge is 0.481 e. The number of aliphatic carboxylic acids is 1. The molecule has 0 saturated heterocycles. The Bertz CT molecular complexity index is 1390. The lowest BCUT2D eigenvalue weighted by Gasteiger charge is -2.41. The van der Waals surface area contributed by atoms with Crippen LogP contribution < -0.4 is 10.6 Å². The van der Waals surface area contributed by atoms with Gasteiger partial charge in [0.15, 0.2) is 5.58 Å². The summed E-state index contributed by atoms with van der Waals surface area (Å²) in [4.78, 5) is 28.4. The van der Waals surface area contributed by atoms with E-state index in [9.17, 15) is 14.7 Å². The van der Waals surface area contributed by atoms with Crippen molar-refractivity contribution in [2.45, 2.75) is 44.4 Å². The van der Waals surface area contributed by atoms with Crippen molar-refractivity contribution in [3.8, 4) is 0 Å². The first kappa shape index (κ1) is 22.7. The molecular weight excluding hydrogens is 442 g/mol. The molecule has 1 aromatic heterocycles. The summed E-state index contributed by atoms with van der Waals surface area (Å²) in [6, 6.07) is 21.4. The second kappa shape index (κ2) is 9.25. The van der Waals surface area contributed by atoms with Crippen LogP contribution in [0.4, 0.5) is 17.4 Å². The SMILES string of the molecule is Cc1ccccc1Nc1nc2ccc(CC(=O)Nc3ccc(C4(CC(=O)O)CCC4)cc3)cc2o1. The molecule has 7 nitrogen and oxygen atoms in total. The molecule has 0 bridgehead atoms. The van der Waals surface area contributed by atoms with Gasteiger partial charge in [-0.3, -0.25) is 9.59 Å². The van der Waals surface area contributed by atoms with Crippen molar-refractivity contribution in [1.82, 2.24) is 4.98 Å². The molecule has 0 atom stereocenters. The Morgan fingerprint density at radius 2 is 1.83 bits per heavy atom. The third-order valence-electron chi connectivity index (χ3n) is 6.79. The topological polar surface area (TPSA) is 104 Å². The van der Waals surface area contributed by atoms with Crippen molar-refractivity contribution in [2.24, 2.45) is 0 Å². The zero-order valence-electron chi connectivity index (χ0n) is 19.5. The fourth-order valence-corrected chi connectivity index (χ4v) is 4.72. The van der Waals surface area contributed by atoms with Gasteiger partial charge in [0, 0.05) is 16.8 Å². The third-order valence-corrected chi connectivity index (χ3v) is 6.79. The van der Waals surface area contributed by atoms with Gasteiger partial charge in [0.2, 0.25) is 5.91 Å². The van der Waals surface area contributed by atoms with Crippen molar-refractivity contribution in [3.63, 3.8) is 0 Å². The maximum absolute atomic E-state index is 12.6. The van der Waals surface area contributed by atoms with E-state index in [4.69, 9.17) is 4.42 Å². The summed E-state index contributed by atoms with van der Waals surface area (Å²) in [7, 11) is 0. The number of aryl methyl sites for hydroxylation is 1. The average Bonchev–Trinajstić information content (AvgIpc) is 3.20. The number of fused-ring (bicyclic) bond motifs is 1. The van der Waals surface area contributed by atoms with Crippen LogP contribution in [0.15, 0.2) is 71.1 Å². The first-order valence-corrected chi connectivity index (χ1v) is 11.7. The second-order valence-corrected chi connectivity index (χ2v) is 9.27. The lowest BCUT2D eigenvalue weighted by atomic mass is 9.62. The van der Waals surface area contributed by atoms with Gasteiger partial charge in [0.25, 0.3) is 6.01 Å². The molecule has 7 heteroatoms. The van der Waals surface area contributed by atoms with E-state index in [1.165, 1.54) is 0 Å². The summed E-state index contributed by atoms with van der Waals surface area (Å²) in [5.74, 6) is -0.914. The number of carbonyl (C=O) groups excluding carboxylic acids is 1. The molecule has 178 valence electrons. The molecule has 1 fully saturated rings. The van der Waals surface area contributed by atoms with E-state index in [-0.39, 0.29) is 24.2 Å². The number of nitrogens with one attached hydrogen (secondary N) is 2. The number of anilines is 3. The Morgan fingerprint density at radius 3 is 2.51 bits per heavy atom. The summed E-state index contributed by atoms with van der Waals surface area (Å²) in [5.41, 5.74) is 5.60. The van der Waals surface area contributed by atoms with Crippen LogP contribution in [0.25, 0.3) is 11.1 Å². The van der Waals surface area contributed by atoms with Crippen LogP contribution in [-0.4, -0.2) is 22.0 Å². The van der Waals surface area contributed by atoms with E-state index in [2.05, 4.69) is 15.6 Å². The number of carbonyl (C=O) groups is 2. The molecule has 0 unspecified atom stereocenters. The molecule has 1 aliphatic carbocycles. The quantitative estimate of drug-likeness (QED) is 0.294. The number of hydrogen-bond donors (Lipinski definition) is 3. The van der Waals surface area contributed by atoms with Gasteiger partial charge in [-0.05, 0) is 66.8 Å². The maximum Gasteiger partial charge on any atom is 0.304 e. The van der Waals surface area contributed by atoms with Gasteiger partial charge in [-0.1, -0.05) is 42.8 Å². The highest BCUT2D eigenvalue weighted by atomic mass is 16.4. The normalized spacial score (nSPS) is 14.3. The molecule has 35 heavy (non-hydrogen) atoms. The van der Waals surface area contributed by atoms with Gasteiger partial charge < -0.3 is 20.2 Å². The lowest BCUT2D eigenvalue weighted by Crippen LogP contribution is -2.36. The molecule has 3 aromatic carbocycles. The third kappa shape index (κ3) is 4.89. The molecule has 0 radical (unpaired) electrons. The zero-order chi connectivity index (χ0) is 24.4. The van der Waals surface area contributed by atoms with Crippen LogP contribution in [0.3, 0.4) is 0 Å². The van der Waals surface area contributed by atoms with E-state index >= 15 is 0 Å².